The molecular weight excluding hydrogens is 515 g/mol. The van der Waals surface area contributed by atoms with E-state index in [1.54, 1.807) is 36.7 Å². The Morgan fingerprint density at radius 2 is 1.82 bits per heavy atom. The minimum Gasteiger partial charge on any atom is -0.396 e. The van der Waals surface area contributed by atoms with Gasteiger partial charge in [-0.2, -0.15) is 8.42 Å². The molecule has 0 radical (unpaired) electrons. The highest BCUT2D eigenvalue weighted by atomic mass is 32.3. The molecule has 0 saturated heterocycles. The number of hydrogen-bond donors (Lipinski definition) is 3. The van der Waals surface area contributed by atoms with E-state index >= 15 is 0 Å². The Balaban J connectivity index is 1.41. The van der Waals surface area contributed by atoms with Gasteiger partial charge in [0.2, 0.25) is 0 Å². The molecule has 4 rings (SSSR count). The molecular formula is C25H25FN6O5S. The second kappa shape index (κ2) is 12.3. The lowest BCUT2D eigenvalue weighted by Crippen LogP contribution is -2.23. The van der Waals surface area contributed by atoms with Crippen molar-refractivity contribution >= 4 is 22.1 Å². The normalized spacial score (nSPS) is 11.2. The van der Waals surface area contributed by atoms with Gasteiger partial charge in [-0.05, 0) is 54.4 Å². The van der Waals surface area contributed by atoms with Gasteiger partial charge in [-0.1, -0.05) is 22.1 Å². The van der Waals surface area contributed by atoms with Crippen LogP contribution in [0.5, 0.6) is 5.75 Å². The Labute approximate surface area is 218 Å². The first-order chi connectivity index (χ1) is 18.3. The summed E-state index contributed by atoms with van der Waals surface area (Å²) < 4.78 is 40.3. The van der Waals surface area contributed by atoms with Gasteiger partial charge in [0.25, 0.3) is 5.91 Å². The van der Waals surface area contributed by atoms with E-state index < -0.39 is 10.5 Å². The quantitative estimate of drug-likeness (QED) is 0.231. The van der Waals surface area contributed by atoms with Gasteiger partial charge in [-0.3, -0.25) is 9.78 Å². The SMILES string of the molecule is O=C(NCc1cccc(OS(=O)(=O)F)c1)c1cccc(NCc2nnc(-c3ccncc3)n2CCCO)c1. The average Bonchev–Trinajstić information content (AvgIpc) is 3.32. The highest BCUT2D eigenvalue weighted by molar-refractivity contribution is 7.81. The van der Waals surface area contributed by atoms with Crippen molar-refractivity contribution in [1.82, 2.24) is 25.1 Å². The van der Waals surface area contributed by atoms with Gasteiger partial charge in [-0.25, -0.2) is 0 Å². The molecule has 0 aliphatic rings. The molecule has 2 heterocycles. The van der Waals surface area contributed by atoms with Crippen molar-refractivity contribution in [3.63, 3.8) is 0 Å². The molecule has 0 fully saturated rings. The fraction of sp³-hybridized carbons (Fsp3) is 0.200. The van der Waals surface area contributed by atoms with E-state index in [0.29, 0.717) is 48.0 Å². The second-order valence-corrected chi connectivity index (χ2v) is 9.10. The average molecular weight is 541 g/mol. The van der Waals surface area contributed by atoms with Gasteiger partial charge >= 0.3 is 10.5 Å². The number of amides is 1. The first-order valence-corrected chi connectivity index (χ1v) is 12.9. The maximum Gasteiger partial charge on any atom is 0.488 e. The van der Waals surface area contributed by atoms with Gasteiger partial charge in [0.1, 0.15) is 5.75 Å². The maximum atomic E-state index is 12.8. The first-order valence-electron chi connectivity index (χ1n) is 11.6. The number of anilines is 1. The molecule has 1 amide bonds. The zero-order chi connectivity index (χ0) is 27.0. The molecule has 38 heavy (non-hydrogen) atoms. The summed E-state index contributed by atoms with van der Waals surface area (Å²) in [4.78, 5) is 16.7. The van der Waals surface area contributed by atoms with Gasteiger partial charge in [-0.15, -0.1) is 10.2 Å². The summed E-state index contributed by atoms with van der Waals surface area (Å²) >= 11 is 0. The van der Waals surface area contributed by atoms with E-state index in [-0.39, 0.29) is 24.8 Å². The van der Waals surface area contributed by atoms with E-state index in [1.807, 2.05) is 22.8 Å². The van der Waals surface area contributed by atoms with E-state index in [2.05, 4.69) is 30.0 Å². The number of halogens is 1. The van der Waals surface area contributed by atoms with Crippen molar-refractivity contribution in [2.45, 2.75) is 26.1 Å². The van der Waals surface area contributed by atoms with Crippen molar-refractivity contribution in [2.24, 2.45) is 0 Å². The predicted octanol–water partition coefficient (Wildman–Crippen LogP) is 2.86. The highest BCUT2D eigenvalue weighted by Crippen LogP contribution is 2.20. The topological polar surface area (TPSA) is 148 Å². The Hall–Kier alpha value is -4.36. The summed E-state index contributed by atoms with van der Waals surface area (Å²) in [5.74, 6) is 0.787. The third-order valence-electron chi connectivity index (χ3n) is 5.43. The lowest BCUT2D eigenvalue weighted by atomic mass is 10.1. The molecule has 0 unspecified atom stereocenters. The molecule has 2 aromatic carbocycles. The summed E-state index contributed by atoms with van der Waals surface area (Å²) in [7, 11) is -5.14. The Morgan fingerprint density at radius 1 is 1.03 bits per heavy atom. The third kappa shape index (κ3) is 7.33. The van der Waals surface area contributed by atoms with E-state index in [4.69, 9.17) is 0 Å². The number of aliphatic hydroxyl groups excluding tert-OH is 1. The zero-order valence-electron chi connectivity index (χ0n) is 20.1. The zero-order valence-corrected chi connectivity index (χ0v) is 20.9. The minimum absolute atomic E-state index is 0.0320. The van der Waals surface area contributed by atoms with Crippen LogP contribution in [0, 0.1) is 0 Å². The largest absolute Gasteiger partial charge is 0.488 e. The number of aromatic nitrogens is 4. The predicted molar refractivity (Wildman–Crippen MR) is 137 cm³/mol. The summed E-state index contributed by atoms with van der Waals surface area (Å²) in [6.45, 7) is 0.971. The van der Waals surface area contributed by atoms with Crippen LogP contribution in [-0.2, 0) is 30.1 Å². The molecule has 198 valence electrons. The Morgan fingerprint density at radius 3 is 2.58 bits per heavy atom. The fourth-order valence-electron chi connectivity index (χ4n) is 3.70. The van der Waals surface area contributed by atoms with Crippen molar-refractivity contribution < 1.29 is 26.4 Å². The number of hydrogen-bond acceptors (Lipinski definition) is 9. The van der Waals surface area contributed by atoms with Crippen LogP contribution in [0.2, 0.25) is 0 Å². The van der Waals surface area contributed by atoms with Gasteiger partial charge in [0, 0.05) is 48.9 Å². The van der Waals surface area contributed by atoms with Crippen molar-refractivity contribution in [2.75, 3.05) is 11.9 Å². The molecule has 0 aliphatic carbocycles. The molecule has 0 aliphatic heterocycles. The summed E-state index contributed by atoms with van der Waals surface area (Å²) in [6, 6.07) is 16.3. The number of rotatable bonds is 12. The van der Waals surface area contributed by atoms with Crippen molar-refractivity contribution in [3.05, 3.63) is 90.0 Å². The van der Waals surface area contributed by atoms with E-state index in [1.165, 1.54) is 18.2 Å². The summed E-state index contributed by atoms with van der Waals surface area (Å²) in [5.41, 5.74) is 2.47. The number of pyridine rings is 1. The number of nitrogens with one attached hydrogen (secondary N) is 2. The van der Waals surface area contributed by atoms with E-state index in [9.17, 15) is 22.2 Å². The molecule has 0 spiro atoms. The van der Waals surface area contributed by atoms with Crippen LogP contribution in [0.1, 0.15) is 28.2 Å². The minimum atomic E-state index is -5.14. The number of carbonyl (C=O) groups is 1. The van der Waals surface area contributed by atoms with Crippen LogP contribution in [0.25, 0.3) is 11.4 Å². The van der Waals surface area contributed by atoms with Gasteiger partial charge < -0.3 is 24.5 Å². The number of nitrogens with zero attached hydrogens (tertiary/aromatic N) is 4. The lowest BCUT2D eigenvalue weighted by molar-refractivity contribution is 0.0951. The number of benzene rings is 2. The molecule has 2 aromatic heterocycles. The highest BCUT2D eigenvalue weighted by Gasteiger charge is 2.14. The molecule has 13 heteroatoms. The number of carbonyl (C=O) groups excluding carboxylic acids is 1. The summed E-state index contributed by atoms with van der Waals surface area (Å²) in [5, 5.41) is 23.9. The van der Waals surface area contributed by atoms with Crippen LogP contribution in [0.4, 0.5) is 9.57 Å². The molecule has 11 nitrogen and oxygen atoms in total. The first kappa shape index (κ1) is 26.7. The van der Waals surface area contributed by atoms with Crippen LogP contribution in [0.3, 0.4) is 0 Å². The van der Waals surface area contributed by atoms with Gasteiger partial charge in [0.05, 0.1) is 6.54 Å². The molecule has 0 saturated carbocycles. The smallest absolute Gasteiger partial charge is 0.396 e. The van der Waals surface area contributed by atoms with Crippen LogP contribution >= 0.6 is 0 Å². The maximum absolute atomic E-state index is 12.8. The molecule has 3 N–H and O–H groups in total. The molecule has 0 bridgehead atoms. The van der Waals surface area contributed by atoms with Crippen molar-refractivity contribution in [1.29, 1.82) is 0 Å². The summed E-state index contributed by atoms with van der Waals surface area (Å²) in [6.07, 6.45) is 3.89. The van der Waals surface area contributed by atoms with Crippen LogP contribution in [-0.4, -0.2) is 45.8 Å². The lowest BCUT2D eigenvalue weighted by Gasteiger charge is -2.12. The van der Waals surface area contributed by atoms with E-state index in [0.717, 1.165) is 5.56 Å². The van der Waals surface area contributed by atoms with Gasteiger partial charge in [0.15, 0.2) is 11.6 Å². The third-order valence-corrected chi connectivity index (χ3v) is 5.82. The second-order valence-electron chi connectivity index (χ2n) is 8.15. The fourth-order valence-corrected chi connectivity index (χ4v) is 4.04. The Kier molecular flexibility index (Phi) is 8.61. The van der Waals surface area contributed by atoms with Crippen LogP contribution in [0.15, 0.2) is 73.1 Å². The molecule has 0 atom stereocenters. The monoisotopic (exact) mass is 540 g/mol. The standard InChI is InChI=1S/C25H25FN6O5S/c26-38(35,36)37-22-7-1-4-18(14-22)16-29-25(34)20-5-2-6-21(15-20)28-17-23-30-31-24(32(23)12-3-13-33)19-8-10-27-11-9-19/h1-2,4-11,14-15,28,33H,3,12-13,16-17H2,(H,29,34). The van der Waals surface area contributed by atoms with Crippen LogP contribution < -0.4 is 14.8 Å². The number of aliphatic hydroxyl groups is 1. The molecule has 4 aromatic rings. The van der Waals surface area contributed by atoms with Crippen molar-refractivity contribution in [3.8, 4) is 17.1 Å². The Bertz CT molecular complexity index is 1500.